The Morgan fingerprint density at radius 2 is 2.00 bits per heavy atom. The number of hydrogen-bond acceptors (Lipinski definition) is 3. The summed E-state index contributed by atoms with van der Waals surface area (Å²) in [5.41, 5.74) is 6.38. The molecule has 1 heterocycles. The van der Waals surface area contributed by atoms with Gasteiger partial charge in [0.05, 0.1) is 6.10 Å². The third kappa shape index (κ3) is 3.46. The molecule has 0 bridgehead atoms. The topological polar surface area (TPSA) is 38.5 Å². The van der Waals surface area contributed by atoms with Crippen LogP contribution in [0.3, 0.4) is 0 Å². The fourth-order valence-corrected chi connectivity index (χ4v) is 4.05. The standard InChI is InChI=1S/C15H30N2O/c1-11-8-12(2)15(14(16)9-11)17(3)10-13-6-4-5-7-18-13/h11-15H,4-10,16H2,1-3H3. The molecule has 18 heavy (non-hydrogen) atoms. The van der Waals surface area contributed by atoms with Gasteiger partial charge in [-0.1, -0.05) is 13.8 Å². The summed E-state index contributed by atoms with van der Waals surface area (Å²) in [5.74, 6) is 1.49. The van der Waals surface area contributed by atoms with Gasteiger partial charge >= 0.3 is 0 Å². The molecule has 5 unspecified atom stereocenters. The lowest BCUT2D eigenvalue weighted by atomic mass is 9.76. The van der Waals surface area contributed by atoms with Crippen LogP contribution in [-0.4, -0.2) is 43.3 Å². The summed E-state index contributed by atoms with van der Waals surface area (Å²) >= 11 is 0. The van der Waals surface area contributed by atoms with E-state index in [0.29, 0.717) is 24.1 Å². The maximum atomic E-state index is 6.38. The smallest absolute Gasteiger partial charge is 0.0702 e. The van der Waals surface area contributed by atoms with Crippen LogP contribution in [0.2, 0.25) is 0 Å². The average Bonchev–Trinajstić information content (AvgIpc) is 2.28. The molecule has 5 atom stereocenters. The van der Waals surface area contributed by atoms with E-state index in [9.17, 15) is 0 Å². The van der Waals surface area contributed by atoms with Gasteiger partial charge in [-0.3, -0.25) is 4.90 Å². The molecular weight excluding hydrogens is 224 g/mol. The third-order valence-electron chi connectivity index (χ3n) is 4.74. The zero-order valence-corrected chi connectivity index (χ0v) is 12.3. The summed E-state index contributed by atoms with van der Waals surface area (Å²) in [7, 11) is 2.23. The quantitative estimate of drug-likeness (QED) is 0.839. The summed E-state index contributed by atoms with van der Waals surface area (Å²) in [4.78, 5) is 2.47. The first-order chi connectivity index (χ1) is 8.58. The first-order valence-electron chi connectivity index (χ1n) is 7.65. The number of ether oxygens (including phenoxy) is 1. The lowest BCUT2D eigenvalue weighted by molar-refractivity contribution is -0.0206. The second-order valence-corrected chi connectivity index (χ2v) is 6.64. The number of rotatable bonds is 3. The third-order valence-corrected chi connectivity index (χ3v) is 4.74. The van der Waals surface area contributed by atoms with E-state index < -0.39 is 0 Å². The molecule has 0 spiro atoms. The molecule has 106 valence electrons. The molecule has 3 nitrogen and oxygen atoms in total. The largest absolute Gasteiger partial charge is 0.377 e. The van der Waals surface area contributed by atoms with Gasteiger partial charge in [0.15, 0.2) is 0 Å². The molecule has 0 aromatic carbocycles. The van der Waals surface area contributed by atoms with E-state index in [1.807, 2.05) is 0 Å². The highest BCUT2D eigenvalue weighted by Gasteiger charge is 2.35. The van der Waals surface area contributed by atoms with Crippen molar-refractivity contribution in [1.82, 2.24) is 4.90 Å². The van der Waals surface area contributed by atoms with Gasteiger partial charge in [-0.15, -0.1) is 0 Å². The van der Waals surface area contributed by atoms with E-state index in [1.54, 1.807) is 0 Å². The van der Waals surface area contributed by atoms with Crippen molar-refractivity contribution < 1.29 is 4.74 Å². The second-order valence-electron chi connectivity index (χ2n) is 6.64. The summed E-state index contributed by atoms with van der Waals surface area (Å²) < 4.78 is 5.85. The van der Waals surface area contributed by atoms with Gasteiger partial charge in [0, 0.05) is 25.2 Å². The predicted molar refractivity (Wildman–Crippen MR) is 75.5 cm³/mol. The maximum absolute atomic E-state index is 6.38. The number of nitrogens with two attached hydrogens (primary N) is 1. The molecule has 1 aliphatic carbocycles. The highest BCUT2D eigenvalue weighted by molar-refractivity contribution is 4.92. The highest BCUT2D eigenvalue weighted by Crippen LogP contribution is 2.31. The van der Waals surface area contributed by atoms with Gasteiger partial charge in [-0.2, -0.15) is 0 Å². The van der Waals surface area contributed by atoms with Gasteiger partial charge in [0.2, 0.25) is 0 Å². The number of likely N-dealkylation sites (N-methyl/N-ethyl adjacent to an activating group) is 1. The molecule has 1 saturated heterocycles. The van der Waals surface area contributed by atoms with Crippen LogP contribution in [0, 0.1) is 11.8 Å². The Balaban J connectivity index is 1.88. The number of hydrogen-bond donors (Lipinski definition) is 1. The molecule has 1 aliphatic heterocycles. The van der Waals surface area contributed by atoms with Crippen molar-refractivity contribution in [3.63, 3.8) is 0 Å². The van der Waals surface area contributed by atoms with E-state index in [4.69, 9.17) is 10.5 Å². The lowest BCUT2D eigenvalue weighted by Crippen LogP contribution is -2.55. The zero-order chi connectivity index (χ0) is 13.1. The molecule has 2 rings (SSSR count). The highest BCUT2D eigenvalue weighted by atomic mass is 16.5. The van der Waals surface area contributed by atoms with Crippen LogP contribution in [-0.2, 0) is 4.74 Å². The SMILES string of the molecule is CC1CC(C)C(N(C)CC2CCCCO2)C(N)C1. The Hall–Kier alpha value is -0.120. The molecule has 1 saturated carbocycles. The average molecular weight is 254 g/mol. The minimum Gasteiger partial charge on any atom is -0.377 e. The Morgan fingerprint density at radius 3 is 2.61 bits per heavy atom. The molecule has 0 aromatic rings. The van der Waals surface area contributed by atoms with Gasteiger partial charge < -0.3 is 10.5 Å². The van der Waals surface area contributed by atoms with E-state index in [2.05, 4.69) is 25.8 Å². The molecule has 2 fully saturated rings. The van der Waals surface area contributed by atoms with Crippen LogP contribution >= 0.6 is 0 Å². The van der Waals surface area contributed by atoms with Crippen molar-refractivity contribution in [1.29, 1.82) is 0 Å². The monoisotopic (exact) mass is 254 g/mol. The molecule has 0 radical (unpaired) electrons. The van der Waals surface area contributed by atoms with Crippen LogP contribution in [0.5, 0.6) is 0 Å². The summed E-state index contributed by atoms with van der Waals surface area (Å²) in [5, 5.41) is 0. The maximum Gasteiger partial charge on any atom is 0.0702 e. The Kier molecular flexibility index (Phi) is 5.05. The van der Waals surface area contributed by atoms with E-state index >= 15 is 0 Å². The minimum atomic E-state index is 0.331. The van der Waals surface area contributed by atoms with Crippen LogP contribution in [0.4, 0.5) is 0 Å². The Bertz CT molecular complexity index is 241. The predicted octanol–water partition coefficient (Wildman–Crippen LogP) is 2.25. The molecular formula is C15H30N2O. The van der Waals surface area contributed by atoms with E-state index in [-0.39, 0.29) is 0 Å². The van der Waals surface area contributed by atoms with Crippen LogP contribution in [0.1, 0.15) is 46.0 Å². The molecule has 2 N–H and O–H groups in total. The summed E-state index contributed by atoms with van der Waals surface area (Å²) in [6, 6.07) is 0.865. The molecule has 2 aliphatic rings. The van der Waals surface area contributed by atoms with Crippen LogP contribution in [0.25, 0.3) is 0 Å². The van der Waals surface area contributed by atoms with Crippen molar-refractivity contribution in [3.05, 3.63) is 0 Å². The van der Waals surface area contributed by atoms with Crippen molar-refractivity contribution in [2.24, 2.45) is 17.6 Å². The van der Waals surface area contributed by atoms with Gasteiger partial charge in [0.1, 0.15) is 0 Å². The van der Waals surface area contributed by atoms with Crippen molar-refractivity contribution in [2.75, 3.05) is 20.2 Å². The van der Waals surface area contributed by atoms with E-state index in [0.717, 1.165) is 19.1 Å². The number of nitrogens with zero attached hydrogens (tertiary/aromatic N) is 1. The first-order valence-corrected chi connectivity index (χ1v) is 7.65. The van der Waals surface area contributed by atoms with Gasteiger partial charge in [-0.05, 0) is 51.0 Å². The summed E-state index contributed by atoms with van der Waals surface area (Å²) in [6.07, 6.45) is 6.69. The van der Waals surface area contributed by atoms with Crippen molar-refractivity contribution >= 4 is 0 Å². The van der Waals surface area contributed by atoms with Crippen molar-refractivity contribution in [2.45, 2.75) is 64.1 Å². The Labute approximate surface area is 112 Å². The fraction of sp³-hybridized carbons (Fsp3) is 1.00. The van der Waals surface area contributed by atoms with Gasteiger partial charge in [0.25, 0.3) is 0 Å². The molecule has 0 aromatic heterocycles. The van der Waals surface area contributed by atoms with Gasteiger partial charge in [-0.25, -0.2) is 0 Å². The van der Waals surface area contributed by atoms with Crippen LogP contribution in [0.15, 0.2) is 0 Å². The minimum absolute atomic E-state index is 0.331. The molecule has 3 heteroatoms. The fourth-order valence-electron chi connectivity index (χ4n) is 4.05. The van der Waals surface area contributed by atoms with E-state index in [1.165, 1.54) is 32.1 Å². The first kappa shape index (κ1) is 14.3. The molecule has 0 amide bonds. The second kappa shape index (κ2) is 6.36. The normalized spacial score (nSPS) is 42.2. The van der Waals surface area contributed by atoms with Crippen LogP contribution < -0.4 is 5.73 Å². The van der Waals surface area contributed by atoms with Crippen molar-refractivity contribution in [3.8, 4) is 0 Å². The lowest BCUT2D eigenvalue weighted by Gasteiger charge is -2.44. The Morgan fingerprint density at radius 1 is 1.22 bits per heavy atom. The zero-order valence-electron chi connectivity index (χ0n) is 12.3. The summed E-state index contributed by atoms with van der Waals surface area (Å²) in [6.45, 7) is 6.69.